The lowest BCUT2D eigenvalue weighted by atomic mass is 10.4. The molecule has 2 rings (SSSR count). The van der Waals surface area contributed by atoms with Crippen molar-refractivity contribution in [2.45, 2.75) is 32.4 Å². The summed E-state index contributed by atoms with van der Waals surface area (Å²) in [5.41, 5.74) is 0.683. The van der Waals surface area contributed by atoms with Gasteiger partial charge in [-0.3, -0.25) is 0 Å². The molecule has 2 aromatic rings. The van der Waals surface area contributed by atoms with Crippen molar-refractivity contribution < 1.29 is 14.2 Å². The van der Waals surface area contributed by atoms with Crippen molar-refractivity contribution in [1.29, 1.82) is 0 Å². The minimum atomic E-state index is -1.10. The number of aromatic nitrogens is 3. The largest absolute Gasteiger partial charge is 0.475 e. The smallest absolute Gasteiger partial charge is 0.228 e. The third kappa shape index (κ3) is 5.42. The average molecular weight is 437 g/mol. The topological polar surface area (TPSA) is 58.4 Å². The van der Waals surface area contributed by atoms with E-state index in [0.717, 1.165) is 22.5 Å². The molecule has 9 heteroatoms. The molecule has 0 saturated carbocycles. The molecule has 0 bridgehead atoms. The summed E-state index contributed by atoms with van der Waals surface area (Å²) in [7, 11) is 0.519. The van der Waals surface area contributed by atoms with Gasteiger partial charge in [0.1, 0.15) is 13.3 Å². The molecule has 0 saturated heterocycles. The van der Waals surface area contributed by atoms with Gasteiger partial charge in [-0.15, -0.1) is 0 Å². The zero-order chi connectivity index (χ0) is 17.7. The van der Waals surface area contributed by atoms with Crippen molar-refractivity contribution in [3.63, 3.8) is 0 Å². The van der Waals surface area contributed by atoms with E-state index in [1.54, 1.807) is 7.11 Å². The van der Waals surface area contributed by atoms with Crippen LogP contribution in [0, 0.1) is 0 Å². The Bertz CT molecular complexity index is 691. The summed E-state index contributed by atoms with van der Waals surface area (Å²) >= 11 is 9.58. The maximum atomic E-state index is 6.04. The summed E-state index contributed by atoms with van der Waals surface area (Å²) in [6.07, 6.45) is 1.91. The van der Waals surface area contributed by atoms with Gasteiger partial charge in [-0.2, -0.15) is 9.97 Å². The highest BCUT2D eigenvalue weighted by molar-refractivity contribution is 9.10. The normalized spacial score (nSPS) is 12.1. The second kappa shape index (κ2) is 8.62. The molecule has 0 aliphatic carbocycles. The van der Waals surface area contributed by atoms with Crippen molar-refractivity contribution in [2.24, 2.45) is 0 Å². The highest BCUT2D eigenvalue weighted by Crippen LogP contribution is 2.33. The van der Waals surface area contributed by atoms with Crippen LogP contribution in [0.2, 0.25) is 31.0 Å². The molecule has 0 radical (unpaired) electrons. The van der Waals surface area contributed by atoms with Gasteiger partial charge in [0, 0.05) is 28.0 Å². The molecule has 2 heterocycles. The second-order valence-corrected chi connectivity index (χ2v) is 13.4. The number of methoxy groups -OCH3 is 1. The lowest BCUT2D eigenvalue weighted by Crippen LogP contribution is -2.22. The van der Waals surface area contributed by atoms with Gasteiger partial charge in [0.05, 0.1) is 16.5 Å². The molecule has 134 valence electrons. The monoisotopic (exact) mass is 435 g/mol. The number of fused-ring (bicyclic) bond motifs is 1. The summed E-state index contributed by atoms with van der Waals surface area (Å²) in [6.45, 7) is 9.00. The number of hydrogen-bond acceptors (Lipinski definition) is 5. The standard InChI is InChI=1S/C15H23BrClN3O3Si/c1-21-5-6-23-14-12-11(16)9-20(13(12)18-15(17)19-14)10-22-7-8-24(2,3)4/h9H,5-8,10H2,1-4H3. The first-order valence-electron chi connectivity index (χ1n) is 7.73. The molecule has 0 unspecified atom stereocenters. The van der Waals surface area contributed by atoms with E-state index in [1.165, 1.54) is 0 Å². The third-order valence-electron chi connectivity index (χ3n) is 3.36. The van der Waals surface area contributed by atoms with Crippen LogP contribution in [0.25, 0.3) is 11.0 Å². The minimum absolute atomic E-state index is 0.142. The highest BCUT2D eigenvalue weighted by atomic mass is 79.9. The van der Waals surface area contributed by atoms with Crippen molar-refractivity contribution >= 4 is 46.6 Å². The Morgan fingerprint density at radius 3 is 2.62 bits per heavy atom. The zero-order valence-electron chi connectivity index (χ0n) is 14.4. The molecule has 0 N–H and O–H groups in total. The maximum absolute atomic E-state index is 6.04. The average Bonchev–Trinajstić information content (AvgIpc) is 2.79. The molecule has 2 aromatic heterocycles. The molecule has 0 atom stereocenters. The second-order valence-electron chi connectivity index (χ2n) is 6.63. The van der Waals surface area contributed by atoms with Crippen LogP contribution in [0.4, 0.5) is 0 Å². The lowest BCUT2D eigenvalue weighted by Gasteiger charge is -2.15. The summed E-state index contributed by atoms with van der Waals surface area (Å²) in [5, 5.41) is 0.924. The van der Waals surface area contributed by atoms with Crippen LogP contribution in [-0.2, 0) is 16.2 Å². The predicted molar refractivity (Wildman–Crippen MR) is 102 cm³/mol. The van der Waals surface area contributed by atoms with Crippen LogP contribution in [0.15, 0.2) is 10.7 Å². The Balaban J connectivity index is 2.17. The zero-order valence-corrected chi connectivity index (χ0v) is 17.8. The van der Waals surface area contributed by atoms with Gasteiger partial charge in [0.25, 0.3) is 0 Å². The quantitative estimate of drug-likeness (QED) is 0.335. The van der Waals surface area contributed by atoms with E-state index in [4.69, 9.17) is 25.8 Å². The first-order chi connectivity index (χ1) is 11.3. The fraction of sp³-hybridized carbons (Fsp3) is 0.600. The van der Waals surface area contributed by atoms with Crippen LogP contribution in [-0.4, -0.2) is 49.5 Å². The molecule has 0 spiro atoms. The van der Waals surface area contributed by atoms with Crippen molar-refractivity contribution in [3.05, 3.63) is 16.0 Å². The van der Waals surface area contributed by atoms with Gasteiger partial charge < -0.3 is 18.8 Å². The predicted octanol–water partition coefficient (Wildman–Crippen LogP) is 4.18. The fourth-order valence-electron chi connectivity index (χ4n) is 2.05. The molecule has 0 aliphatic rings. The molecule has 0 aliphatic heterocycles. The number of hydrogen-bond donors (Lipinski definition) is 0. The first-order valence-corrected chi connectivity index (χ1v) is 12.6. The van der Waals surface area contributed by atoms with E-state index in [0.29, 0.717) is 31.5 Å². The van der Waals surface area contributed by atoms with Crippen LogP contribution >= 0.6 is 27.5 Å². The molecular formula is C15H23BrClN3O3Si. The minimum Gasteiger partial charge on any atom is -0.475 e. The van der Waals surface area contributed by atoms with E-state index in [1.807, 2.05) is 10.8 Å². The van der Waals surface area contributed by atoms with Gasteiger partial charge in [0.2, 0.25) is 11.2 Å². The van der Waals surface area contributed by atoms with Gasteiger partial charge in [0.15, 0.2) is 5.65 Å². The molecule has 0 fully saturated rings. The van der Waals surface area contributed by atoms with E-state index < -0.39 is 8.07 Å². The summed E-state index contributed by atoms with van der Waals surface area (Å²) in [4.78, 5) is 8.49. The van der Waals surface area contributed by atoms with E-state index in [9.17, 15) is 0 Å². The van der Waals surface area contributed by atoms with Gasteiger partial charge in [-0.05, 0) is 33.6 Å². The van der Waals surface area contributed by atoms with E-state index >= 15 is 0 Å². The number of halogens is 2. The van der Waals surface area contributed by atoms with Gasteiger partial charge in [-0.25, -0.2) is 0 Å². The first kappa shape index (κ1) is 19.6. The van der Waals surface area contributed by atoms with Crippen molar-refractivity contribution in [3.8, 4) is 5.88 Å². The molecule has 0 aromatic carbocycles. The Morgan fingerprint density at radius 1 is 1.21 bits per heavy atom. The SMILES string of the molecule is COCCOc1nc(Cl)nc2c1c(Br)cn2COCC[Si](C)(C)C. The van der Waals surface area contributed by atoms with E-state index in [2.05, 4.69) is 45.5 Å². The number of nitrogens with zero attached hydrogens (tertiary/aromatic N) is 3. The fourth-order valence-corrected chi connectivity index (χ4v) is 3.56. The van der Waals surface area contributed by atoms with Crippen molar-refractivity contribution in [1.82, 2.24) is 14.5 Å². The Labute approximate surface area is 156 Å². The Morgan fingerprint density at radius 2 is 1.96 bits per heavy atom. The highest BCUT2D eigenvalue weighted by Gasteiger charge is 2.17. The van der Waals surface area contributed by atoms with Crippen LogP contribution in [0.5, 0.6) is 5.88 Å². The lowest BCUT2D eigenvalue weighted by molar-refractivity contribution is 0.0898. The summed E-state index contributed by atoms with van der Waals surface area (Å²) < 4.78 is 19.2. The van der Waals surface area contributed by atoms with Gasteiger partial charge in [-0.1, -0.05) is 19.6 Å². The van der Waals surface area contributed by atoms with Crippen molar-refractivity contribution in [2.75, 3.05) is 26.9 Å². The molecule has 24 heavy (non-hydrogen) atoms. The molecule has 6 nitrogen and oxygen atoms in total. The van der Waals surface area contributed by atoms with Crippen LogP contribution in [0.3, 0.4) is 0 Å². The Hall–Kier alpha value is -0.673. The third-order valence-corrected chi connectivity index (χ3v) is 5.84. The summed E-state index contributed by atoms with van der Waals surface area (Å²) in [6, 6.07) is 1.12. The summed E-state index contributed by atoms with van der Waals surface area (Å²) in [5.74, 6) is 0.440. The van der Waals surface area contributed by atoms with E-state index in [-0.39, 0.29) is 5.28 Å². The Kier molecular flexibility index (Phi) is 7.06. The molecular weight excluding hydrogens is 414 g/mol. The van der Waals surface area contributed by atoms with Crippen LogP contribution in [0.1, 0.15) is 0 Å². The maximum Gasteiger partial charge on any atom is 0.228 e. The number of ether oxygens (including phenoxy) is 3. The van der Waals surface area contributed by atoms with Gasteiger partial charge >= 0.3 is 0 Å². The van der Waals surface area contributed by atoms with Crippen LogP contribution < -0.4 is 4.74 Å². The number of rotatable bonds is 9. The molecule has 0 amide bonds.